The van der Waals surface area contributed by atoms with Crippen LogP contribution in [0.1, 0.15) is 26.3 Å². The zero-order chi connectivity index (χ0) is 13.6. The fourth-order valence-corrected chi connectivity index (χ4v) is 1.31. The second-order valence-corrected chi connectivity index (χ2v) is 4.96. The number of alkyl carbamates (subject to hydrolysis) is 1. The van der Waals surface area contributed by atoms with Crippen LogP contribution < -0.4 is 11.1 Å². The average molecular weight is 248 g/mol. The predicted octanol–water partition coefficient (Wildman–Crippen LogP) is 2.81. The van der Waals surface area contributed by atoms with Crippen LogP contribution in [0, 0.1) is 0 Å². The number of rotatable bonds is 3. The number of carbonyl (C=O) groups excluding carboxylic acids is 1. The van der Waals surface area contributed by atoms with Crippen LogP contribution in [0.3, 0.4) is 0 Å². The first-order valence-electron chi connectivity index (χ1n) is 5.86. The molecule has 0 unspecified atom stereocenters. The largest absolute Gasteiger partial charge is 0.444 e. The van der Waals surface area contributed by atoms with Crippen LogP contribution in [0.5, 0.6) is 0 Å². The lowest BCUT2D eigenvalue weighted by molar-refractivity contribution is 0.0534. The summed E-state index contributed by atoms with van der Waals surface area (Å²) >= 11 is 0. The minimum atomic E-state index is -0.471. The Morgan fingerprint density at radius 3 is 2.78 bits per heavy atom. The Hall–Kier alpha value is -1.97. The van der Waals surface area contributed by atoms with E-state index in [1.807, 2.05) is 57.2 Å². The lowest BCUT2D eigenvalue weighted by atomic mass is 10.2. The summed E-state index contributed by atoms with van der Waals surface area (Å²) in [5.74, 6) is 0. The van der Waals surface area contributed by atoms with Gasteiger partial charge in [0.1, 0.15) is 5.60 Å². The Bertz CT molecular complexity index is 434. The number of nitrogen functional groups attached to an aromatic ring is 1. The molecule has 0 atom stereocenters. The van der Waals surface area contributed by atoms with Crippen LogP contribution in [0.25, 0.3) is 6.08 Å². The summed E-state index contributed by atoms with van der Waals surface area (Å²) < 4.78 is 5.11. The van der Waals surface area contributed by atoms with Gasteiger partial charge in [0.15, 0.2) is 0 Å². The maximum atomic E-state index is 11.3. The molecule has 1 aromatic rings. The first-order chi connectivity index (χ1) is 8.37. The molecule has 0 bridgehead atoms. The second kappa shape index (κ2) is 6.10. The molecule has 4 nitrogen and oxygen atoms in total. The lowest BCUT2D eigenvalue weighted by Gasteiger charge is -2.19. The molecule has 0 spiro atoms. The van der Waals surface area contributed by atoms with Gasteiger partial charge in [-0.2, -0.15) is 0 Å². The normalized spacial score (nSPS) is 11.5. The zero-order valence-electron chi connectivity index (χ0n) is 11.1. The zero-order valence-corrected chi connectivity index (χ0v) is 11.1. The molecule has 0 aliphatic carbocycles. The van der Waals surface area contributed by atoms with E-state index in [0.29, 0.717) is 6.54 Å². The molecule has 0 aliphatic heterocycles. The molecule has 0 saturated heterocycles. The Morgan fingerprint density at radius 1 is 1.44 bits per heavy atom. The van der Waals surface area contributed by atoms with Gasteiger partial charge in [0, 0.05) is 12.2 Å². The fraction of sp³-hybridized carbons (Fsp3) is 0.357. The van der Waals surface area contributed by atoms with E-state index in [1.165, 1.54) is 0 Å². The molecular formula is C14H20N2O2. The van der Waals surface area contributed by atoms with Crippen molar-refractivity contribution < 1.29 is 9.53 Å². The van der Waals surface area contributed by atoms with Crippen molar-refractivity contribution in [2.75, 3.05) is 12.3 Å². The predicted molar refractivity (Wildman–Crippen MR) is 74.1 cm³/mol. The molecule has 0 heterocycles. The first kappa shape index (κ1) is 14.1. The van der Waals surface area contributed by atoms with Crippen LogP contribution in [0.2, 0.25) is 0 Å². The Morgan fingerprint density at radius 2 is 2.17 bits per heavy atom. The van der Waals surface area contributed by atoms with Crippen molar-refractivity contribution in [3.63, 3.8) is 0 Å². The highest BCUT2D eigenvalue weighted by atomic mass is 16.6. The molecule has 0 saturated carbocycles. The van der Waals surface area contributed by atoms with E-state index in [4.69, 9.17) is 10.5 Å². The van der Waals surface area contributed by atoms with E-state index in [2.05, 4.69) is 5.32 Å². The number of ether oxygens (including phenoxy) is 1. The summed E-state index contributed by atoms with van der Waals surface area (Å²) in [4.78, 5) is 11.3. The van der Waals surface area contributed by atoms with Crippen molar-refractivity contribution in [3.05, 3.63) is 35.9 Å². The topological polar surface area (TPSA) is 64.3 Å². The molecule has 1 aromatic carbocycles. The van der Waals surface area contributed by atoms with Gasteiger partial charge >= 0.3 is 6.09 Å². The highest BCUT2D eigenvalue weighted by Gasteiger charge is 2.14. The molecule has 18 heavy (non-hydrogen) atoms. The van der Waals surface area contributed by atoms with Crippen LogP contribution >= 0.6 is 0 Å². The van der Waals surface area contributed by atoms with Crippen LogP contribution in [-0.4, -0.2) is 18.2 Å². The van der Waals surface area contributed by atoms with Gasteiger partial charge in [-0.3, -0.25) is 0 Å². The Balaban J connectivity index is 2.36. The van der Waals surface area contributed by atoms with Crippen LogP contribution in [-0.2, 0) is 4.74 Å². The van der Waals surface area contributed by atoms with E-state index >= 15 is 0 Å². The molecule has 4 heteroatoms. The van der Waals surface area contributed by atoms with Crippen LogP contribution in [0.4, 0.5) is 10.5 Å². The molecular weight excluding hydrogens is 228 g/mol. The second-order valence-electron chi connectivity index (χ2n) is 4.96. The average Bonchev–Trinajstić information content (AvgIpc) is 2.22. The standard InChI is InChI=1S/C14H20N2O2/c1-14(2,3)18-13(17)16-9-5-7-11-6-4-8-12(15)10-11/h4-8,10H,9,15H2,1-3H3,(H,16,17). The maximum Gasteiger partial charge on any atom is 0.407 e. The Labute approximate surface area is 108 Å². The van der Waals surface area contributed by atoms with Gasteiger partial charge in [0.25, 0.3) is 0 Å². The number of hydrogen-bond donors (Lipinski definition) is 2. The summed E-state index contributed by atoms with van der Waals surface area (Å²) in [5.41, 5.74) is 6.91. The minimum absolute atomic E-state index is 0.417. The molecule has 0 aliphatic rings. The summed E-state index contributed by atoms with van der Waals surface area (Å²) in [6.07, 6.45) is 3.33. The van der Waals surface area contributed by atoms with E-state index in [9.17, 15) is 4.79 Å². The SMILES string of the molecule is CC(C)(C)OC(=O)NCC=Cc1cccc(N)c1. The number of carbonyl (C=O) groups is 1. The molecule has 3 N–H and O–H groups in total. The summed E-state index contributed by atoms with van der Waals surface area (Å²) in [7, 11) is 0. The van der Waals surface area contributed by atoms with E-state index < -0.39 is 11.7 Å². The van der Waals surface area contributed by atoms with Gasteiger partial charge < -0.3 is 15.8 Å². The highest BCUT2D eigenvalue weighted by Crippen LogP contribution is 2.08. The minimum Gasteiger partial charge on any atom is -0.444 e. The van der Waals surface area contributed by atoms with Crippen molar-refractivity contribution in [1.29, 1.82) is 0 Å². The third-order valence-corrected chi connectivity index (χ3v) is 1.98. The number of hydrogen-bond acceptors (Lipinski definition) is 3. The molecule has 0 aromatic heterocycles. The van der Waals surface area contributed by atoms with Gasteiger partial charge in [-0.25, -0.2) is 4.79 Å². The lowest BCUT2D eigenvalue weighted by Crippen LogP contribution is -2.32. The summed E-state index contributed by atoms with van der Waals surface area (Å²) in [6.45, 7) is 5.91. The molecule has 98 valence electrons. The van der Waals surface area contributed by atoms with Gasteiger partial charge in [-0.15, -0.1) is 0 Å². The molecule has 0 fully saturated rings. The summed E-state index contributed by atoms with van der Waals surface area (Å²) in [6, 6.07) is 7.52. The quantitative estimate of drug-likeness (QED) is 0.808. The van der Waals surface area contributed by atoms with Gasteiger partial charge in [0.2, 0.25) is 0 Å². The van der Waals surface area contributed by atoms with Gasteiger partial charge in [0.05, 0.1) is 0 Å². The summed E-state index contributed by atoms with van der Waals surface area (Å²) in [5, 5.41) is 2.64. The number of nitrogens with one attached hydrogen (secondary N) is 1. The van der Waals surface area contributed by atoms with E-state index in [1.54, 1.807) is 0 Å². The third-order valence-electron chi connectivity index (χ3n) is 1.98. The van der Waals surface area contributed by atoms with Crippen LogP contribution in [0.15, 0.2) is 30.3 Å². The fourth-order valence-electron chi connectivity index (χ4n) is 1.31. The number of anilines is 1. The van der Waals surface area contributed by atoms with Crippen molar-refractivity contribution in [2.24, 2.45) is 0 Å². The molecule has 1 rings (SSSR count). The monoisotopic (exact) mass is 248 g/mol. The van der Waals surface area contributed by atoms with Gasteiger partial charge in [-0.05, 0) is 38.5 Å². The van der Waals surface area contributed by atoms with Crippen molar-refractivity contribution in [2.45, 2.75) is 26.4 Å². The van der Waals surface area contributed by atoms with Crippen molar-refractivity contribution in [3.8, 4) is 0 Å². The maximum absolute atomic E-state index is 11.3. The van der Waals surface area contributed by atoms with E-state index in [-0.39, 0.29) is 0 Å². The van der Waals surface area contributed by atoms with Gasteiger partial charge in [-0.1, -0.05) is 24.3 Å². The number of amides is 1. The first-order valence-corrected chi connectivity index (χ1v) is 5.86. The smallest absolute Gasteiger partial charge is 0.407 e. The van der Waals surface area contributed by atoms with Crippen molar-refractivity contribution in [1.82, 2.24) is 5.32 Å². The third kappa shape index (κ3) is 5.94. The molecule has 1 amide bonds. The number of benzene rings is 1. The molecule has 0 radical (unpaired) electrons. The van der Waals surface area contributed by atoms with Crippen molar-refractivity contribution >= 4 is 17.9 Å². The highest BCUT2D eigenvalue weighted by molar-refractivity contribution is 5.68. The number of nitrogens with two attached hydrogens (primary N) is 1. The Kier molecular flexibility index (Phi) is 4.77. The van der Waals surface area contributed by atoms with E-state index in [0.717, 1.165) is 11.3 Å².